The van der Waals surface area contributed by atoms with E-state index in [1.165, 1.54) is 28.6 Å². The zero-order valence-corrected chi connectivity index (χ0v) is 17.6. The Morgan fingerprint density at radius 1 is 0.967 bits per heavy atom. The standard InChI is InChI=1S/C21H24N4O4S/c1-23(19-4-2-3-13-22-19)16-11-14-24(15-12-16)30(28,29)18-7-5-17(6-8-18)25-20(26)9-10-21(25)27/h2-8,13,16H,9-12,14-15H2,1H3. The maximum atomic E-state index is 13.0. The van der Waals surface area contributed by atoms with E-state index in [-0.39, 0.29) is 35.6 Å². The molecule has 0 aliphatic carbocycles. The minimum Gasteiger partial charge on any atom is -0.357 e. The number of carbonyl (C=O) groups excluding carboxylic acids is 2. The van der Waals surface area contributed by atoms with Crippen molar-refractivity contribution in [3.8, 4) is 0 Å². The Kier molecular flexibility index (Phi) is 5.57. The van der Waals surface area contributed by atoms with Crippen LogP contribution < -0.4 is 9.80 Å². The Labute approximate surface area is 176 Å². The van der Waals surface area contributed by atoms with Crippen LogP contribution in [0.2, 0.25) is 0 Å². The topological polar surface area (TPSA) is 90.9 Å². The van der Waals surface area contributed by atoms with Crippen LogP contribution in [0.25, 0.3) is 0 Å². The molecule has 2 amide bonds. The maximum Gasteiger partial charge on any atom is 0.243 e. The first kappa shape index (κ1) is 20.5. The maximum absolute atomic E-state index is 13.0. The second-order valence-corrected chi connectivity index (χ2v) is 9.49. The van der Waals surface area contributed by atoms with Crippen molar-refractivity contribution in [3.63, 3.8) is 0 Å². The Bertz CT molecular complexity index is 1020. The monoisotopic (exact) mass is 428 g/mol. The van der Waals surface area contributed by atoms with Crippen LogP contribution in [0.5, 0.6) is 0 Å². The molecule has 2 aliphatic heterocycles. The summed E-state index contributed by atoms with van der Waals surface area (Å²) in [5.74, 6) is 0.366. The number of aromatic nitrogens is 1. The number of pyridine rings is 1. The summed E-state index contributed by atoms with van der Waals surface area (Å²) in [6.07, 6.45) is 3.56. The van der Waals surface area contributed by atoms with Crippen LogP contribution >= 0.6 is 0 Å². The number of hydrogen-bond acceptors (Lipinski definition) is 6. The van der Waals surface area contributed by atoms with Gasteiger partial charge in [0.05, 0.1) is 10.6 Å². The van der Waals surface area contributed by atoms with Gasteiger partial charge in [-0.3, -0.25) is 14.5 Å². The van der Waals surface area contributed by atoms with Gasteiger partial charge in [-0.25, -0.2) is 13.4 Å². The summed E-state index contributed by atoms with van der Waals surface area (Å²) in [5.41, 5.74) is 0.414. The molecule has 0 unspecified atom stereocenters. The highest BCUT2D eigenvalue weighted by atomic mass is 32.2. The summed E-state index contributed by atoms with van der Waals surface area (Å²) >= 11 is 0. The lowest BCUT2D eigenvalue weighted by Gasteiger charge is -2.36. The average Bonchev–Trinajstić information content (AvgIpc) is 3.12. The van der Waals surface area contributed by atoms with Gasteiger partial charge >= 0.3 is 0 Å². The summed E-state index contributed by atoms with van der Waals surface area (Å²) in [6, 6.07) is 12.0. The summed E-state index contributed by atoms with van der Waals surface area (Å²) in [7, 11) is -1.65. The van der Waals surface area contributed by atoms with E-state index in [1.54, 1.807) is 6.20 Å². The number of benzene rings is 1. The van der Waals surface area contributed by atoms with Gasteiger partial charge in [0, 0.05) is 45.2 Å². The van der Waals surface area contributed by atoms with Crippen molar-refractivity contribution in [2.75, 3.05) is 29.9 Å². The molecule has 2 aliphatic rings. The van der Waals surface area contributed by atoms with Crippen LogP contribution in [-0.4, -0.2) is 55.7 Å². The molecule has 2 saturated heterocycles. The van der Waals surface area contributed by atoms with Crippen molar-refractivity contribution >= 4 is 33.3 Å². The molecule has 0 bridgehead atoms. The molecule has 30 heavy (non-hydrogen) atoms. The van der Waals surface area contributed by atoms with Crippen LogP contribution in [0.4, 0.5) is 11.5 Å². The Morgan fingerprint density at radius 3 is 2.17 bits per heavy atom. The molecule has 0 spiro atoms. The molecule has 3 heterocycles. The van der Waals surface area contributed by atoms with E-state index >= 15 is 0 Å². The first-order chi connectivity index (χ1) is 14.4. The van der Waals surface area contributed by atoms with E-state index in [2.05, 4.69) is 9.88 Å². The van der Waals surface area contributed by atoms with Gasteiger partial charge in [0.1, 0.15) is 5.82 Å². The van der Waals surface area contributed by atoms with Crippen LogP contribution in [0, 0.1) is 0 Å². The molecule has 8 nitrogen and oxygen atoms in total. The Hall–Kier alpha value is -2.78. The van der Waals surface area contributed by atoms with Gasteiger partial charge in [-0.05, 0) is 49.2 Å². The highest BCUT2D eigenvalue weighted by Crippen LogP contribution is 2.27. The molecule has 1 aromatic carbocycles. The summed E-state index contributed by atoms with van der Waals surface area (Å²) < 4.78 is 27.6. The SMILES string of the molecule is CN(c1ccccn1)C1CCN(S(=O)(=O)c2ccc(N3C(=O)CCC3=O)cc2)CC1. The molecule has 9 heteroatoms. The van der Waals surface area contributed by atoms with Gasteiger partial charge in [0.25, 0.3) is 0 Å². The lowest BCUT2D eigenvalue weighted by atomic mass is 10.1. The molecule has 4 rings (SSSR count). The molecule has 1 aromatic heterocycles. The van der Waals surface area contributed by atoms with Crippen molar-refractivity contribution < 1.29 is 18.0 Å². The number of rotatable bonds is 5. The zero-order valence-electron chi connectivity index (χ0n) is 16.8. The quantitative estimate of drug-likeness (QED) is 0.677. The zero-order chi connectivity index (χ0) is 21.3. The number of anilines is 2. The first-order valence-corrected chi connectivity index (χ1v) is 11.4. The molecule has 158 valence electrons. The minimum absolute atomic E-state index is 0.168. The molecular weight excluding hydrogens is 404 g/mol. The fourth-order valence-corrected chi connectivity index (χ4v) is 5.47. The highest BCUT2D eigenvalue weighted by molar-refractivity contribution is 7.89. The molecule has 0 N–H and O–H groups in total. The van der Waals surface area contributed by atoms with Gasteiger partial charge in [-0.1, -0.05) is 6.07 Å². The molecule has 0 atom stereocenters. The number of piperidine rings is 1. The fourth-order valence-electron chi connectivity index (χ4n) is 4.00. The number of amides is 2. The van der Waals surface area contributed by atoms with Crippen molar-refractivity contribution in [2.24, 2.45) is 0 Å². The normalized spacial score (nSPS) is 18.8. The third-order valence-corrected chi connectivity index (χ3v) is 7.68. The van der Waals surface area contributed by atoms with Crippen molar-refractivity contribution in [1.29, 1.82) is 0 Å². The van der Waals surface area contributed by atoms with Crippen LogP contribution in [-0.2, 0) is 19.6 Å². The highest BCUT2D eigenvalue weighted by Gasteiger charge is 2.33. The summed E-state index contributed by atoms with van der Waals surface area (Å²) in [6.45, 7) is 0.851. The van der Waals surface area contributed by atoms with E-state index < -0.39 is 10.0 Å². The average molecular weight is 429 g/mol. The minimum atomic E-state index is -3.63. The number of hydrogen-bond donors (Lipinski definition) is 0. The summed E-state index contributed by atoms with van der Waals surface area (Å²) in [4.78, 5) is 31.5. The Morgan fingerprint density at radius 2 is 1.60 bits per heavy atom. The second kappa shape index (κ2) is 8.16. The number of nitrogens with zero attached hydrogens (tertiary/aromatic N) is 4. The van der Waals surface area contributed by atoms with E-state index in [0.29, 0.717) is 31.6 Å². The lowest BCUT2D eigenvalue weighted by Crippen LogP contribution is -2.45. The third kappa shape index (κ3) is 3.82. The largest absolute Gasteiger partial charge is 0.357 e. The molecule has 0 saturated carbocycles. The van der Waals surface area contributed by atoms with Crippen LogP contribution in [0.15, 0.2) is 53.6 Å². The van der Waals surface area contributed by atoms with Crippen LogP contribution in [0.3, 0.4) is 0 Å². The smallest absolute Gasteiger partial charge is 0.243 e. The van der Waals surface area contributed by atoms with Crippen molar-refractivity contribution in [3.05, 3.63) is 48.7 Å². The van der Waals surface area contributed by atoms with Crippen LogP contribution in [0.1, 0.15) is 25.7 Å². The Balaban J connectivity index is 1.43. The predicted molar refractivity (Wildman–Crippen MR) is 113 cm³/mol. The second-order valence-electron chi connectivity index (χ2n) is 7.55. The number of imide groups is 1. The molecular formula is C21H24N4O4S. The third-order valence-electron chi connectivity index (χ3n) is 5.77. The van der Waals surface area contributed by atoms with Gasteiger partial charge in [-0.15, -0.1) is 0 Å². The number of carbonyl (C=O) groups is 2. The predicted octanol–water partition coefficient (Wildman–Crippen LogP) is 2.02. The molecule has 0 radical (unpaired) electrons. The van der Waals surface area contributed by atoms with E-state index in [9.17, 15) is 18.0 Å². The van der Waals surface area contributed by atoms with Gasteiger partial charge in [0.15, 0.2) is 0 Å². The summed E-state index contributed by atoms with van der Waals surface area (Å²) in [5, 5.41) is 0. The molecule has 2 fully saturated rings. The van der Waals surface area contributed by atoms with Gasteiger partial charge in [-0.2, -0.15) is 4.31 Å². The van der Waals surface area contributed by atoms with E-state index in [0.717, 1.165) is 10.7 Å². The lowest BCUT2D eigenvalue weighted by molar-refractivity contribution is -0.121. The van der Waals surface area contributed by atoms with Crippen molar-refractivity contribution in [2.45, 2.75) is 36.6 Å². The first-order valence-electron chi connectivity index (χ1n) is 9.98. The van der Waals surface area contributed by atoms with E-state index in [4.69, 9.17) is 0 Å². The number of sulfonamides is 1. The van der Waals surface area contributed by atoms with Gasteiger partial charge < -0.3 is 4.90 Å². The van der Waals surface area contributed by atoms with E-state index in [1.807, 2.05) is 25.2 Å². The fraction of sp³-hybridized carbons (Fsp3) is 0.381. The van der Waals surface area contributed by atoms with Crippen molar-refractivity contribution in [1.82, 2.24) is 9.29 Å². The van der Waals surface area contributed by atoms with Gasteiger partial charge in [0.2, 0.25) is 21.8 Å². The molecule has 2 aromatic rings.